The van der Waals surface area contributed by atoms with E-state index in [2.05, 4.69) is 0 Å². The number of benzene rings is 3. The summed E-state index contributed by atoms with van der Waals surface area (Å²) in [6.45, 7) is 1.03. The summed E-state index contributed by atoms with van der Waals surface area (Å²) in [6, 6.07) is 29.4. The molecule has 3 aromatic rings. The molecule has 0 aromatic heterocycles. The fourth-order valence-corrected chi connectivity index (χ4v) is 3.99. The van der Waals surface area contributed by atoms with E-state index < -0.39 is 30.5 Å². The number of rotatable bonds is 9. The minimum atomic E-state index is -0.964. The normalized spacial score (nSPS) is 25.5. The van der Waals surface area contributed by atoms with Crippen LogP contribution in [0.15, 0.2) is 91.0 Å². The molecule has 3 aromatic carbocycles. The van der Waals surface area contributed by atoms with E-state index in [1.807, 2.05) is 91.0 Å². The minimum Gasteiger partial charge on any atom is -0.388 e. The molecule has 1 saturated carbocycles. The second-order valence-corrected chi connectivity index (χ2v) is 8.15. The fourth-order valence-electron chi connectivity index (χ4n) is 3.99. The molecule has 0 radical (unpaired) electrons. The molecule has 4 unspecified atom stereocenters. The minimum absolute atomic E-state index is 0.288. The maximum Gasteiger partial charge on any atom is 0.115 e. The Balaban J connectivity index is 1.44. The Morgan fingerprint density at radius 3 is 1.25 bits per heavy atom. The van der Waals surface area contributed by atoms with Crippen molar-refractivity contribution in [2.75, 3.05) is 0 Å². The van der Waals surface area contributed by atoms with Crippen molar-refractivity contribution in [3.05, 3.63) is 108 Å². The van der Waals surface area contributed by atoms with Gasteiger partial charge in [0.1, 0.15) is 18.3 Å². The van der Waals surface area contributed by atoms with E-state index in [9.17, 15) is 10.2 Å². The first-order valence-corrected chi connectivity index (χ1v) is 11.0. The van der Waals surface area contributed by atoms with Crippen molar-refractivity contribution < 1.29 is 24.4 Å². The zero-order valence-electron chi connectivity index (χ0n) is 18.0. The highest BCUT2D eigenvalue weighted by Crippen LogP contribution is 2.29. The largest absolute Gasteiger partial charge is 0.388 e. The van der Waals surface area contributed by atoms with Crippen LogP contribution in [0.1, 0.15) is 23.1 Å². The second-order valence-electron chi connectivity index (χ2n) is 8.15. The third kappa shape index (κ3) is 6.03. The van der Waals surface area contributed by atoms with E-state index in [0.29, 0.717) is 19.6 Å². The number of aliphatic hydroxyl groups is 2. The lowest BCUT2D eigenvalue weighted by Crippen LogP contribution is -2.58. The van der Waals surface area contributed by atoms with E-state index in [-0.39, 0.29) is 6.61 Å². The van der Waals surface area contributed by atoms with Crippen molar-refractivity contribution in [3.8, 4) is 0 Å². The predicted molar refractivity (Wildman–Crippen MR) is 122 cm³/mol. The molecule has 4 rings (SSSR count). The Kier molecular flexibility index (Phi) is 8.04. The standard InChI is InChI=1S/C27H30O5/c28-25-23(30-17-20-10-4-1-5-11-20)16-24(31-18-21-12-6-2-7-13-21)26(29)27(25)32-19-22-14-8-3-9-15-22/h1-15,23-29H,16-19H2. The van der Waals surface area contributed by atoms with Crippen molar-refractivity contribution in [2.45, 2.75) is 56.8 Å². The van der Waals surface area contributed by atoms with E-state index in [4.69, 9.17) is 14.2 Å². The van der Waals surface area contributed by atoms with E-state index >= 15 is 0 Å². The van der Waals surface area contributed by atoms with Crippen molar-refractivity contribution >= 4 is 0 Å². The highest BCUT2D eigenvalue weighted by Gasteiger charge is 2.45. The monoisotopic (exact) mass is 434 g/mol. The van der Waals surface area contributed by atoms with Gasteiger partial charge in [0.2, 0.25) is 0 Å². The number of hydrogen-bond donors (Lipinski definition) is 2. The van der Waals surface area contributed by atoms with Crippen molar-refractivity contribution in [3.63, 3.8) is 0 Å². The molecule has 5 nitrogen and oxygen atoms in total. The fraction of sp³-hybridized carbons (Fsp3) is 0.333. The topological polar surface area (TPSA) is 68.2 Å². The molecule has 0 saturated heterocycles. The molecule has 1 fully saturated rings. The number of hydrogen-bond acceptors (Lipinski definition) is 5. The van der Waals surface area contributed by atoms with Gasteiger partial charge in [-0.15, -0.1) is 0 Å². The van der Waals surface area contributed by atoms with Gasteiger partial charge in [0.05, 0.1) is 32.0 Å². The Labute approximate surface area is 189 Å². The van der Waals surface area contributed by atoms with Crippen molar-refractivity contribution in [1.82, 2.24) is 0 Å². The zero-order chi connectivity index (χ0) is 22.2. The van der Waals surface area contributed by atoms with Gasteiger partial charge in [-0.3, -0.25) is 0 Å². The molecule has 1 aliphatic rings. The average molecular weight is 435 g/mol. The summed E-state index contributed by atoms with van der Waals surface area (Å²) in [6.07, 6.45) is -3.39. The molecular weight excluding hydrogens is 404 g/mol. The predicted octanol–water partition coefficient (Wildman–Crippen LogP) is 3.87. The van der Waals surface area contributed by atoms with Crippen LogP contribution in [-0.2, 0) is 34.0 Å². The summed E-state index contributed by atoms with van der Waals surface area (Å²) >= 11 is 0. The highest BCUT2D eigenvalue weighted by molar-refractivity contribution is 5.15. The smallest absolute Gasteiger partial charge is 0.115 e. The van der Waals surface area contributed by atoms with Crippen molar-refractivity contribution in [2.24, 2.45) is 0 Å². The summed E-state index contributed by atoms with van der Waals surface area (Å²) in [5.41, 5.74) is 3.02. The number of aliphatic hydroxyl groups excluding tert-OH is 2. The summed E-state index contributed by atoms with van der Waals surface area (Å²) in [4.78, 5) is 0. The summed E-state index contributed by atoms with van der Waals surface area (Å²) in [5.74, 6) is 0. The Hall–Kier alpha value is -2.54. The first-order chi connectivity index (χ1) is 15.7. The third-order valence-corrected chi connectivity index (χ3v) is 5.80. The summed E-state index contributed by atoms with van der Waals surface area (Å²) < 4.78 is 18.1. The van der Waals surface area contributed by atoms with Crippen molar-refractivity contribution in [1.29, 1.82) is 0 Å². The molecule has 2 N–H and O–H groups in total. The zero-order valence-corrected chi connectivity index (χ0v) is 18.0. The molecule has 0 aliphatic heterocycles. The van der Waals surface area contributed by atoms with Gasteiger partial charge in [-0.1, -0.05) is 91.0 Å². The molecule has 4 atom stereocenters. The molecule has 5 heteroatoms. The highest BCUT2D eigenvalue weighted by atomic mass is 16.5. The first-order valence-electron chi connectivity index (χ1n) is 11.0. The Bertz CT molecular complexity index is 863. The molecule has 1 aliphatic carbocycles. The van der Waals surface area contributed by atoms with Crippen LogP contribution < -0.4 is 0 Å². The maximum absolute atomic E-state index is 11.0. The Morgan fingerprint density at radius 1 is 0.531 bits per heavy atom. The van der Waals surface area contributed by atoms with Crippen LogP contribution in [0.5, 0.6) is 0 Å². The molecule has 32 heavy (non-hydrogen) atoms. The molecule has 0 spiro atoms. The first kappa shape index (κ1) is 22.6. The van der Waals surface area contributed by atoms with Crippen LogP contribution in [-0.4, -0.2) is 40.7 Å². The van der Waals surface area contributed by atoms with E-state index in [0.717, 1.165) is 16.7 Å². The molecule has 168 valence electrons. The molecule has 0 heterocycles. The van der Waals surface area contributed by atoms with Gasteiger partial charge in [-0.05, 0) is 16.7 Å². The van der Waals surface area contributed by atoms with Gasteiger partial charge < -0.3 is 24.4 Å². The molecular formula is C27H30O5. The quantitative estimate of drug-likeness (QED) is 0.535. The van der Waals surface area contributed by atoms with Gasteiger partial charge in [0.25, 0.3) is 0 Å². The lowest BCUT2D eigenvalue weighted by atomic mass is 9.86. The van der Waals surface area contributed by atoms with Gasteiger partial charge in [-0.2, -0.15) is 0 Å². The van der Waals surface area contributed by atoms with Crippen LogP contribution in [0.25, 0.3) is 0 Å². The Morgan fingerprint density at radius 2 is 0.875 bits per heavy atom. The van der Waals surface area contributed by atoms with Crippen LogP contribution in [0.4, 0.5) is 0 Å². The van der Waals surface area contributed by atoms with Crippen LogP contribution in [0, 0.1) is 0 Å². The lowest BCUT2D eigenvalue weighted by molar-refractivity contribution is -0.222. The van der Waals surface area contributed by atoms with Gasteiger partial charge in [-0.25, -0.2) is 0 Å². The average Bonchev–Trinajstić information content (AvgIpc) is 2.85. The summed E-state index contributed by atoms with van der Waals surface area (Å²) in [5, 5.41) is 22.0. The van der Waals surface area contributed by atoms with Crippen LogP contribution in [0.3, 0.4) is 0 Å². The maximum atomic E-state index is 11.0. The third-order valence-electron chi connectivity index (χ3n) is 5.80. The SMILES string of the molecule is OC1C(OCc2ccccc2)CC(OCc2ccccc2)C(O)C1OCc1ccccc1. The second kappa shape index (κ2) is 11.4. The van der Waals surface area contributed by atoms with Gasteiger partial charge in [0, 0.05) is 6.42 Å². The molecule has 0 bridgehead atoms. The van der Waals surface area contributed by atoms with Crippen LogP contribution >= 0.6 is 0 Å². The molecule has 0 amide bonds. The number of ether oxygens (including phenoxy) is 3. The van der Waals surface area contributed by atoms with Gasteiger partial charge >= 0.3 is 0 Å². The van der Waals surface area contributed by atoms with E-state index in [1.165, 1.54) is 0 Å². The van der Waals surface area contributed by atoms with E-state index in [1.54, 1.807) is 0 Å². The van der Waals surface area contributed by atoms with Crippen LogP contribution in [0.2, 0.25) is 0 Å². The summed E-state index contributed by atoms with van der Waals surface area (Å²) in [7, 11) is 0. The lowest BCUT2D eigenvalue weighted by Gasteiger charge is -2.42. The van der Waals surface area contributed by atoms with Gasteiger partial charge in [0.15, 0.2) is 0 Å².